The molecule has 1 aliphatic rings. The Balaban J connectivity index is 2.77. The highest BCUT2D eigenvalue weighted by Gasteiger charge is 2.36. The van der Waals surface area contributed by atoms with Gasteiger partial charge in [-0.15, -0.1) is 11.6 Å². The Morgan fingerprint density at radius 3 is 2.45 bits per heavy atom. The predicted octanol–water partition coefficient (Wildman–Crippen LogP) is 2.99. The van der Waals surface area contributed by atoms with Gasteiger partial charge in [0.15, 0.2) is 0 Å². The van der Waals surface area contributed by atoms with Crippen molar-refractivity contribution < 1.29 is 8.78 Å². The normalized spacial score (nSPS) is 29.8. The highest BCUT2D eigenvalue weighted by molar-refractivity contribution is 6.18. The van der Waals surface area contributed by atoms with E-state index in [1.165, 1.54) is 6.08 Å². The number of allylic oxidation sites excluding steroid dienone is 4. The van der Waals surface area contributed by atoms with Gasteiger partial charge in [-0.2, -0.15) is 0 Å². The molecule has 62 valence electrons. The molecule has 0 nitrogen and oxygen atoms in total. The maximum atomic E-state index is 12.4. The van der Waals surface area contributed by atoms with Gasteiger partial charge in [0.25, 0.3) is 0 Å². The van der Waals surface area contributed by atoms with E-state index in [2.05, 4.69) is 0 Å². The van der Waals surface area contributed by atoms with Gasteiger partial charge >= 0.3 is 0 Å². The molecule has 0 fully saturated rings. The van der Waals surface area contributed by atoms with Crippen molar-refractivity contribution in [2.45, 2.75) is 12.8 Å². The highest BCUT2D eigenvalue weighted by atomic mass is 35.5. The quantitative estimate of drug-likeness (QED) is 0.571. The van der Waals surface area contributed by atoms with Crippen LogP contribution in [0.5, 0.6) is 0 Å². The molecule has 0 saturated carbocycles. The van der Waals surface area contributed by atoms with Crippen molar-refractivity contribution in [2.75, 3.05) is 5.88 Å². The van der Waals surface area contributed by atoms with Gasteiger partial charge in [-0.3, -0.25) is 0 Å². The van der Waals surface area contributed by atoms with Crippen LogP contribution in [0, 0.1) is 5.41 Å². The minimum Gasteiger partial charge on any atom is -0.209 e. The van der Waals surface area contributed by atoms with Crippen molar-refractivity contribution in [1.29, 1.82) is 0 Å². The third-order valence-electron chi connectivity index (χ3n) is 1.86. The molecule has 0 aromatic carbocycles. The van der Waals surface area contributed by atoms with E-state index in [0.717, 1.165) is 0 Å². The molecule has 0 radical (unpaired) electrons. The fourth-order valence-corrected chi connectivity index (χ4v) is 1.32. The molecule has 0 amide bonds. The summed E-state index contributed by atoms with van der Waals surface area (Å²) in [6, 6.07) is 0. The lowest BCUT2D eigenvalue weighted by molar-refractivity contribution is 0.0428. The molecule has 0 bridgehead atoms. The summed E-state index contributed by atoms with van der Waals surface area (Å²) in [6.45, 7) is 0. The van der Waals surface area contributed by atoms with Gasteiger partial charge in [0, 0.05) is 5.88 Å². The fourth-order valence-electron chi connectivity index (χ4n) is 1.00. The van der Waals surface area contributed by atoms with E-state index in [1.807, 2.05) is 0 Å². The second kappa shape index (κ2) is 3.35. The zero-order valence-electron chi connectivity index (χ0n) is 5.93. The van der Waals surface area contributed by atoms with Gasteiger partial charge in [0.1, 0.15) is 0 Å². The largest absolute Gasteiger partial charge is 0.249 e. The van der Waals surface area contributed by atoms with Crippen LogP contribution in [-0.4, -0.2) is 12.3 Å². The maximum Gasteiger partial charge on any atom is 0.249 e. The Kier molecular flexibility index (Phi) is 2.66. The summed E-state index contributed by atoms with van der Waals surface area (Å²) in [7, 11) is 0. The molecular formula is C8H9ClF2. The van der Waals surface area contributed by atoms with Gasteiger partial charge < -0.3 is 0 Å². The van der Waals surface area contributed by atoms with Crippen LogP contribution in [0.2, 0.25) is 0 Å². The summed E-state index contributed by atoms with van der Waals surface area (Å²) >= 11 is 5.47. The average molecular weight is 179 g/mol. The van der Waals surface area contributed by atoms with Gasteiger partial charge in [-0.05, 0) is 6.42 Å². The third kappa shape index (κ3) is 1.62. The Morgan fingerprint density at radius 1 is 1.45 bits per heavy atom. The number of hydrogen-bond acceptors (Lipinski definition) is 0. The molecule has 1 atom stereocenters. The molecule has 0 aromatic heterocycles. The Labute approximate surface area is 69.5 Å². The van der Waals surface area contributed by atoms with Gasteiger partial charge in [-0.1, -0.05) is 24.3 Å². The van der Waals surface area contributed by atoms with E-state index in [4.69, 9.17) is 11.6 Å². The molecule has 3 heteroatoms. The average Bonchev–Trinajstić information content (AvgIpc) is 2.05. The minimum absolute atomic E-state index is 0.0223. The van der Waals surface area contributed by atoms with E-state index in [1.54, 1.807) is 18.2 Å². The van der Waals surface area contributed by atoms with Gasteiger partial charge in [-0.25, -0.2) is 8.78 Å². The lowest BCUT2D eigenvalue weighted by Crippen LogP contribution is -2.29. The number of halogens is 3. The summed E-state index contributed by atoms with van der Waals surface area (Å²) in [5.41, 5.74) is -1.11. The molecule has 0 spiro atoms. The predicted molar refractivity (Wildman–Crippen MR) is 42.1 cm³/mol. The maximum absolute atomic E-state index is 12.4. The van der Waals surface area contributed by atoms with Crippen LogP contribution in [0.1, 0.15) is 6.42 Å². The molecule has 0 saturated heterocycles. The van der Waals surface area contributed by atoms with E-state index in [0.29, 0.717) is 6.42 Å². The molecule has 11 heavy (non-hydrogen) atoms. The highest BCUT2D eigenvalue weighted by Crippen LogP contribution is 2.35. The Hall–Kier alpha value is -0.370. The van der Waals surface area contributed by atoms with Crippen molar-refractivity contribution in [2.24, 2.45) is 5.41 Å². The summed E-state index contributed by atoms with van der Waals surface area (Å²) < 4.78 is 24.8. The molecule has 0 aliphatic heterocycles. The van der Waals surface area contributed by atoms with Crippen molar-refractivity contribution in [3.8, 4) is 0 Å². The van der Waals surface area contributed by atoms with Crippen LogP contribution in [0.4, 0.5) is 8.78 Å². The lowest BCUT2D eigenvalue weighted by Gasteiger charge is -2.27. The first-order valence-corrected chi connectivity index (χ1v) is 3.93. The zero-order chi connectivity index (χ0) is 8.32. The molecule has 0 N–H and O–H groups in total. The molecule has 0 aromatic rings. The van der Waals surface area contributed by atoms with Crippen LogP contribution in [0.15, 0.2) is 24.3 Å². The first kappa shape index (κ1) is 8.72. The molecule has 1 rings (SSSR count). The van der Waals surface area contributed by atoms with E-state index in [9.17, 15) is 8.78 Å². The zero-order valence-corrected chi connectivity index (χ0v) is 6.69. The smallest absolute Gasteiger partial charge is 0.209 e. The molecule has 1 aliphatic carbocycles. The fraction of sp³-hybridized carbons (Fsp3) is 0.500. The molecule has 1 unspecified atom stereocenters. The van der Waals surface area contributed by atoms with Crippen molar-refractivity contribution in [3.63, 3.8) is 0 Å². The summed E-state index contributed by atoms with van der Waals surface area (Å²) in [4.78, 5) is 0. The number of alkyl halides is 3. The number of rotatable bonds is 2. The van der Waals surface area contributed by atoms with Crippen molar-refractivity contribution >= 4 is 11.6 Å². The van der Waals surface area contributed by atoms with Crippen LogP contribution in [0.3, 0.4) is 0 Å². The summed E-state index contributed by atoms with van der Waals surface area (Å²) in [5, 5.41) is 0. The summed E-state index contributed by atoms with van der Waals surface area (Å²) in [6.07, 6.45) is 4.55. The van der Waals surface area contributed by atoms with Crippen LogP contribution in [-0.2, 0) is 0 Å². The van der Waals surface area contributed by atoms with Crippen LogP contribution < -0.4 is 0 Å². The van der Waals surface area contributed by atoms with Gasteiger partial charge in [0.2, 0.25) is 6.43 Å². The number of hydrogen-bond donors (Lipinski definition) is 0. The SMILES string of the molecule is FC(F)C1(CCl)C=CC=CC1. The lowest BCUT2D eigenvalue weighted by atomic mass is 9.84. The molecular weight excluding hydrogens is 170 g/mol. The van der Waals surface area contributed by atoms with Crippen molar-refractivity contribution in [3.05, 3.63) is 24.3 Å². The van der Waals surface area contributed by atoms with E-state index < -0.39 is 11.8 Å². The van der Waals surface area contributed by atoms with Crippen molar-refractivity contribution in [1.82, 2.24) is 0 Å². The monoisotopic (exact) mass is 178 g/mol. The second-order valence-electron chi connectivity index (χ2n) is 2.66. The topological polar surface area (TPSA) is 0 Å². The Morgan fingerprint density at radius 2 is 2.18 bits per heavy atom. The van der Waals surface area contributed by atoms with Crippen LogP contribution >= 0.6 is 11.6 Å². The van der Waals surface area contributed by atoms with Crippen LogP contribution in [0.25, 0.3) is 0 Å². The minimum atomic E-state index is -2.37. The van der Waals surface area contributed by atoms with E-state index in [-0.39, 0.29) is 5.88 Å². The third-order valence-corrected chi connectivity index (χ3v) is 2.35. The van der Waals surface area contributed by atoms with Gasteiger partial charge in [0.05, 0.1) is 5.41 Å². The van der Waals surface area contributed by atoms with E-state index >= 15 is 0 Å². The first-order valence-electron chi connectivity index (χ1n) is 3.40. The Bertz CT molecular complexity index is 187. The summed E-state index contributed by atoms with van der Waals surface area (Å²) in [5.74, 6) is -0.0223. The second-order valence-corrected chi connectivity index (χ2v) is 2.93. The standard InChI is InChI=1S/C8H9ClF2/c9-6-8(7(10)11)4-2-1-3-5-8/h1-4,7H,5-6H2. The first-order chi connectivity index (χ1) is 5.21. The molecule has 0 heterocycles.